The summed E-state index contributed by atoms with van der Waals surface area (Å²) in [7, 11) is 0. The van der Waals surface area contributed by atoms with E-state index in [2.05, 4.69) is 10.3 Å². The normalized spacial score (nSPS) is 12.1. The van der Waals surface area contributed by atoms with Gasteiger partial charge in [-0.2, -0.15) is 13.2 Å². The summed E-state index contributed by atoms with van der Waals surface area (Å²) in [5, 5.41) is 2.44. The van der Waals surface area contributed by atoms with E-state index in [1.54, 1.807) is 24.3 Å². The van der Waals surface area contributed by atoms with Crippen molar-refractivity contribution in [1.29, 1.82) is 0 Å². The molecule has 0 bridgehead atoms. The highest BCUT2D eigenvalue weighted by molar-refractivity contribution is 7.12. The maximum Gasteiger partial charge on any atom is 0.443 e. The zero-order valence-electron chi connectivity index (χ0n) is 11.9. The van der Waals surface area contributed by atoms with Crippen molar-refractivity contribution in [1.82, 2.24) is 10.3 Å². The molecule has 2 nitrogen and oxygen atoms in total. The van der Waals surface area contributed by atoms with Crippen LogP contribution in [0.4, 0.5) is 13.2 Å². The molecule has 0 unspecified atom stereocenters. The molecule has 0 atom stereocenters. The second-order valence-corrected chi connectivity index (χ2v) is 6.10. The smallest absolute Gasteiger partial charge is 0.314 e. The van der Waals surface area contributed by atoms with Crippen molar-refractivity contribution in [2.75, 3.05) is 6.54 Å². The number of benzene rings is 1. The summed E-state index contributed by atoms with van der Waals surface area (Å²) in [6.45, 7) is 4.65. The number of nitrogens with one attached hydrogen (secondary N) is 1. The van der Waals surface area contributed by atoms with E-state index in [0.29, 0.717) is 29.6 Å². The van der Waals surface area contributed by atoms with Gasteiger partial charge in [0.2, 0.25) is 0 Å². The average Bonchev–Trinajstić information content (AvgIpc) is 2.83. The van der Waals surface area contributed by atoms with E-state index in [0.717, 1.165) is 16.9 Å². The summed E-state index contributed by atoms with van der Waals surface area (Å²) < 4.78 is 38.6. The third kappa shape index (κ3) is 4.28. The van der Waals surface area contributed by atoms with Gasteiger partial charge in [-0.05, 0) is 6.42 Å². The van der Waals surface area contributed by atoms with Crippen LogP contribution in [0, 0.1) is 0 Å². The first-order valence-electron chi connectivity index (χ1n) is 6.73. The fourth-order valence-corrected chi connectivity index (χ4v) is 2.89. The Hall–Kier alpha value is -1.40. The number of hydrogen-bond acceptors (Lipinski definition) is 3. The molecule has 0 saturated heterocycles. The van der Waals surface area contributed by atoms with E-state index in [-0.39, 0.29) is 0 Å². The van der Waals surface area contributed by atoms with Gasteiger partial charge in [0.25, 0.3) is 0 Å². The minimum Gasteiger partial charge on any atom is -0.314 e. The molecule has 1 aromatic heterocycles. The summed E-state index contributed by atoms with van der Waals surface area (Å²) in [4.78, 5) is 4.48. The molecule has 0 aliphatic rings. The van der Waals surface area contributed by atoms with Crippen LogP contribution in [-0.2, 0) is 12.6 Å². The molecule has 21 heavy (non-hydrogen) atoms. The molecular formula is C15H17F3N2S. The van der Waals surface area contributed by atoms with E-state index in [1.165, 1.54) is 0 Å². The maximum atomic E-state index is 12.9. The molecule has 0 fully saturated rings. The van der Waals surface area contributed by atoms with E-state index in [4.69, 9.17) is 0 Å². The third-order valence-corrected chi connectivity index (χ3v) is 4.05. The predicted molar refractivity (Wildman–Crippen MR) is 79.4 cm³/mol. The quantitative estimate of drug-likeness (QED) is 0.886. The van der Waals surface area contributed by atoms with Crippen LogP contribution in [0.1, 0.15) is 23.7 Å². The number of hydrogen-bond donors (Lipinski definition) is 1. The Bertz CT molecular complexity index is 576. The summed E-state index contributed by atoms with van der Waals surface area (Å²) >= 11 is 0.737. The molecule has 2 rings (SSSR count). The van der Waals surface area contributed by atoms with Crippen molar-refractivity contribution in [2.45, 2.75) is 32.5 Å². The molecule has 0 amide bonds. The number of halogens is 3. The number of thiazole rings is 1. The van der Waals surface area contributed by atoms with Crippen LogP contribution in [-0.4, -0.2) is 17.6 Å². The molecule has 1 heterocycles. The van der Waals surface area contributed by atoms with Gasteiger partial charge < -0.3 is 5.32 Å². The van der Waals surface area contributed by atoms with Gasteiger partial charge in [-0.15, -0.1) is 11.3 Å². The minimum atomic E-state index is -4.39. The fourth-order valence-electron chi connectivity index (χ4n) is 1.94. The van der Waals surface area contributed by atoms with Crippen LogP contribution in [0.2, 0.25) is 0 Å². The molecule has 6 heteroatoms. The van der Waals surface area contributed by atoms with E-state index >= 15 is 0 Å². The monoisotopic (exact) mass is 314 g/mol. The molecule has 0 spiro atoms. The van der Waals surface area contributed by atoms with Gasteiger partial charge in [0.15, 0.2) is 5.01 Å². The number of rotatable bonds is 5. The Morgan fingerprint density at radius 2 is 1.86 bits per heavy atom. The van der Waals surface area contributed by atoms with Crippen molar-refractivity contribution in [3.63, 3.8) is 0 Å². The second-order valence-electron chi connectivity index (χ2n) is 5.01. The van der Waals surface area contributed by atoms with Gasteiger partial charge in [0.05, 0.1) is 5.69 Å². The first-order chi connectivity index (χ1) is 9.88. The van der Waals surface area contributed by atoms with Crippen LogP contribution in [0.25, 0.3) is 11.3 Å². The van der Waals surface area contributed by atoms with Crippen LogP contribution in [0.5, 0.6) is 0 Å². The Balaban J connectivity index is 2.30. The van der Waals surface area contributed by atoms with Crippen molar-refractivity contribution < 1.29 is 13.2 Å². The summed E-state index contributed by atoms with van der Waals surface area (Å²) in [6, 6.07) is 9.32. The summed E-state index contributed by atoms with van der Waals surface area (Å²) in [5.74, 6) is 0. The lowest BCUT2D eigenvalue weighted by Crippen LogP contribution is -2.24. The largest absolute Gasteiger partial charge is 0.443 e. The first-order valence-corrected chi connectivity index (χ1v) is 7.55. The van der Waals surface area contributed by atoms with Gasteiger partial charge in [-0.25, -0.2) is 4.98 Å². The highest BCUT2D eigenvalue weighted by Gasteiger charge is 2.36. The van der Waals surface area contributed by atoms with Crippen molar-refractivity contribution >= 4 is 11.3 Å². The number of aromatic nitrogens is 1. The Morgan fingerprint density at radius 1 is 1.19 bits per heavy atom. The molecule has 1 N–H and O–H groups in total. The van der Waals surface area contributed by atoms with Crippen LogP contribution < -0.4 is 5.32 Å². The second kappa shape index (κ2) is 6.58. The predicted octanol–water partition coefficient (Wildman–Crippen LogP) is 4.37. The fraction of sp³-hybridized carbons (Fsp3) is 0.400. The van der Waals surface area contributed by atoms with Crippen molar-refractivity contribution in [3.8, 4) is 11.3 Å². The van der Waals surface area contributed by atoms with Crippen LogP contribution in [0.3, 0.4) is 0 Å². The number of alkyl halides is 3. The zero-order valence-corrected chi connectivity index (χ0v) is 12.7. The molecule has 1 aromatic carbocycles. The lowest BCUT2D eigenvalue weighted by Gasteiger charge is -2.07. The van der Waals surface area contributed by atoms with Crippen molar-refractivity contribution in [2.24, 2.45) is 0 Å². The minimum absolute atomic E-state index is 0.306. The van der Waals surface area contributed by atoms with Gasteiger partial charge >= 0.3 is 6.18 Å². The standard InChI is InChI=1S/C15H17F3N2S/c1-10(2)19-9-8-12-13(11-6-4-3-5-7-11)20-14(21-12)15(16,17)18/h3-7,10,19H,8-9H2,1-2H3. The van der Waals surface area contributed by atoms with Gasteiger partial charge in [0, 0.05) is 23.0 Å². The first kappa shape index (κ1) is 16.0. The van der Waals surface area contributed by atoms with E-state index in [9.17, 15) is 13.2 Å². The van der Waals surface area contributed by atoms with Crippen LogP contribution in [0.15, 0.2) is 30.3 Å². The highest BCUT2D eigenvalue weighted by atomic mass is 32.1. The molecular weight excluding hydrogens is 297 g/mol. The Labute approximate surface area is 126 Å². The molecule has 0 aliphatic carbocycles. The third-order valence-electron chi connectivity index (χ3n) is 2.89. The molecule has 2 aromatic rings. The molecule has 0 saturated carbocycles. The van der Waals surface area contributed by atoms with Crippen molar-refractivity contribution in [3.05, 3.63) is 40.2 Å². The van der Waals surface area contributed by atoms with E-state index in [1.807, 2.05) is 19.9 Å². The van der Waals surface area contributed by atoms with Crippen LogP contribution >= 0.6 is 11.3 Å². The molecule has 0 radical (unpaired) electrons. The lowest BCUT2D eigenvalue weighted by molar-refractivity contribution is -0.137. The summed E-state index contributed by atoms with van der Waals surface area (Å²) in [6.07, 6.45) is -3.85. The van der Waals surface area contributed by atoms with E-state index < -0.39 is 11.2 Å². The maximum absolute atomic E-state index is 12.9. The number of nitrogens with zero attached hydrogens (tertiary/aromatic N) is 1. The topological polar surface area (TPSA) is 24.9 Å². The zero-order chi connectivity index (χ0) is 15.5. The average molecular weight is 314 g/mol. The Kier molecular flexibility index (Phi) is 5.00. The molecule has 114 valence electrons. The highest BCUT2D eigenvalue weighted by Crippen LogP contribution is 2.37. The van der Waals surface area contributed by atoms with Gasteiger partial charge in [-0.3, -0.25) is 0 Å². The van der Waals surface area contributed by atoms with Gasteiger partial charge in [0.1, 0.15) is 0 Å². The Morgan fingerprint density at radius 3 is 2.43 bits per heavy atom. The summed E-state index contributed by atoms with van der Waals surface area (Å²) in [5.41, 5.74) is 1.17. The SMILES string of the molecule is CC(C)NCCc1sc(C(F)(F)F)nc1-c1ccccc1. The van der Waals surface area contributed by atoms with Gasteiger partial charge in [-0.1, -0.05) is 44.2 Å². The lowest BCUT2D eigenvalue weighted by atomic mass is 10.1. The molecule has 0 aliphatic heterocycles.